The van der Waals surface area contributed by atoms with Crippen LogP contribution in [0, 0.1) is 23.1 Å². The summed E-state index contributed by atoms with van der Waals surface area (Å²) in [7, 11) is 0. The molecule has 3 aliphatic heterocycles. The van der Waals surface area contributed by atoms with E-state index in [1.165, 1.54) is 12.1 Å². The minimum atomic E-state index is -0.675. The smallest absolute Gasteiger partial charge is 0.408 e. The van der Waals surface area contributed by atoms with Crippen LogP contribution in [0.1, 0.15) is 65.0 Å². The van der Waals surface area contributed by atoms with Crippen molar-refractivity contribution in [3.8, 4) is 6.07 Å². The standard InChI is InChI=1S/C29H40FN5O3/c1-6-24(18-7-9-20(30)10-8-18)35-22-13-26(27(35)36)33(15-22)16-23(32-28(37)38-29(3,4)5)17(2)34-21(14-31)11-19-12-25(19)34/h7-10,19,21-27,36H,2,6,11-13,15-16H2,1,3-5H3,(H,32,37)/t19?,21?,22-,23?,24-,25-,26?,27?/m0/s1. The predicted molar refractivity (Wildman–Crippen MR) is 141 cm³/mol. The molecule has 0 aromatic heterocycles. The van der Waals surface area contributed by atoms with Crippen molar-refractivity contribution < 1.29 is 19.0 Å². The number of ether oxygens (including phenoxy) is 1. The van der Waals surface area contributed by atoms with Crippen LogP contribution in [-0.2, 0) is 4.74 Å². The molecule has 9 heteroatoms. The zero-order valence-electron chi connectivity index (χ0n) is 22.8. The van der Waals surface area contributed by atoms with Gasteiger partial charge in [0.1, 0.15) is 23.7 Å². The van der Waals surface area contributed by atoms with Crippen molar-refractivity contribution in [2.45, 2.75) is 101 Å². The highest BCUT2D eigenvalue weighted by Gasteiger charge is 2.55. The number of hydrogen-bond acceptors (Lipinski definition) is 7. The summed E-state index contributed by atoms with van der Waals surface area (Å²) >= 11 is 0. The van der Waals surface area contributed by atoms with Gasteiger partial charge in [-0.1, -0.05) is 25.6 Å². The fraction of sp³-hybridized carbons (Fsp3) is 0.655. The normalized spacial score (nSPS) is 32.0. The van der Waals surface area contributed by atoms with E-state index >= 15 is 0 Å². The Morgan fingerprint density at radius 3 is 2.58 bits per heavy atom. The summed E-state index contributed by atoms with van der Waals surface area (Å²) in [5, 5.41) is 24.2. The average molecular weight is 526 g/mol. The molecule has 2 N–H and O–H groups in total. The van der Waals surface area contributed by atoms with E-state index in [2.05, 4.69) is 39.6 Å². The number of benzene rings is 1. The number of halogens is 1. The third kappa shape index (κ3) is 5.14. The van der Waals surface area contributed by atoms with Gasteiger partial charge in [0.05, 0.1) is 18.2 Å². The number of rotatable bonds is 8. The maximum Gasteiger partial charge on any atom is 0.408 e. The van der Waals surface area contributed by atoms with Gasteiger partial charge in [-0.25, -0.2) is 9.18 Å². The van der Waals surface area contributed by atoms with Crippen molar-refractivity contribution in [3.63, 3.8) is 0 Å². The fourth-order valence-corrected chi connectivity index (χ4v) is 6.89. The highest BCUT2D eigenvalue weighted by molar-refractivity contribution is 5.68. The quantitative estimate of drug-likeness (QED) is 0.534. The number of aliphatic hydroxyl groups excluding tert-OH is 1. The van der Waals surface area contributed by atoms with Crippen molar-refractivity contribution in [1.82, 2.24) is 20.0 Å². The van der Waals surface area contributed by atoms with E-state index in [9.17, 15) is 19.6 Å². The summed E-state index contributed by atoms with van der Waals surface area (Å²) in [6.45, 7) is 13.1. The Hall–Kier alpha value is -2.67. The first kappa shape index (κ1) is 26.9. The predicted octanol–water partition coefficient (Wildman–Crippen LogP) is 3.75. The molecule has 8 atom stereocenters. The van der Waals surface area contributed by atoms with Crippen molar-refractivity contribution in [1.29, 1.82) is 5.26 Å². The molecular weight excluding hydrogens is 485 g/mol. The zero-order valence-corrected chi connectivity index (χ0v) is 22.8. The number of alkyl carbamates (subject to hydrolysis) is 1. The van der Waals surface area contributed by atoms with Crippen LogP contribution in [0.2, 0.25) is 0 Å². The number of piperidine rings is 1. The van der Waals surface area contributed by atoms with Crippen molar-refractivity contribution in [3.05, 3.63) is 47.9 Å². The molecule has 4 fully saturated rings. The zero-order chi connectivity index (χ0) is 27.4. The monoisotopic (exact) mass is 525 g/mol. The number of piperazine rings is 1. The highest BCUT2D eigenvalue weighted by atomic mass is 19.1. The molecule has 0 spiro atoms. The molecule has 2 bridgehead atoms. The van der Waals surface area contributed by atoms with Crippen molar-refractivity contribution >= 4 is 6.09 Å². The molecule has 8 nitrogen and oxygen atoms in total. The van der Waals surface area contributed by atoms with Gasteiger partial charge < -0.3 is 20.1 Å². The van der Waals surface area contributed by atoms with E-state index in [1.54, 1.807) is 12.1 Å². The molecule has 3 saturated heterocycles. The van der Waals surface area contributed by atoms with Gasteiger partial charge in [0.2, 0.25) is 0 Å². The van der Waals surface area contributed by atoms with Gasteiger partial charge in [0, 0.05) is 36.9 Å². The molecule has 1 saturated carbocycles. The van der Waals surface area contributed by atoms with E-state index in [0.29, 0.717) is 18.5 Å². The third-order valence-corrected chi connectivity index (χ3v) is 8.60. The van der Waals surface area contributed by atoms with E-state index in [0.717, 1.165) is 43.5 Å². The van der Waals surface area contributed by atoms with Crippen LogP contribution in [-0.4, -0.2) is 81.0 Å². The van der Waals surface area contributed by atoms with Gasteiger partial charge in [-0.2, -0.15) is 5.26 Å². The molecule has 38 heavy (non-hydrogen) atoms. The van der Waals surface area contributed by atoms with Crippen LogP contribution in [0.3, 0.4) is 0 Å². The number of carbonyl (C=O) groups excluding carboxylic acids is 1. The Kier molecular flexibility index (Phi) is 7.18. The van der Waals surface area contributed by atoms with Crippen LogP contribution in [0.5, 0.6) is 0 Å². The molecule has 3 heterocycles. The summed E-state index contributed by atoms with van der Waals surface area (Å²) in [5.74, 6) is 0.255. The third-order valence-electron chi connectivity index (χ3n) is 8.60. The van der Waals surface area contributed by atoms with Gasteiger partial charge in [-0.15, -0.1) is 0 Å². The Bertz CT molecular complexity index is 1100. The molecule has 1 aliphatic carbocycles. The van der Waals surface area contributed by atoms with Gasteiger partial charge in [0.25, 0.3) is 0 Å². The van der Waals surface area contributed by atoms with Crippen molar-refractivity contribution in [2.75, 3.05) is 13.1 Å². The highest BCUT2D eigenvalue weighted by Crippen LogP contribution is 2.50. The van der Waals surface area contributed by atoms with Gasteiger partial charge in [-0.3, -0.25) is 9.80 Å². The van der Waals surface area contributed by atoms with Gasteiger partial charge >= 0.3 is 6.09 Å². The van der Waals surface area contributed by atoms with E-state index < -0.39 is 24.0 Å². The van der Waals surface area contributed by atoms with E-state index in [-0.39, 0.29) is 30.0 Å². The first-order valence-electron chi connectivity index (χ1n) is 13.8. The Morgan fingerprint density at radius 1 is 1.26 bits per heavy atom. The molecule has 206 valence electrons. The molecule has 1 aromatic carbocycles. The number of likely N-dealkylation sites (tertiary alicyclic amines) is 3. The molecule has 5 rings (SSSR count). The van der Waals surface area contributed by atoms with Crippen LogP contribution < -0.4 is 5.32 Å². The van der Waals surface area contributed by atoms with Crippen LogP contribution >= 0.6 is 0 Å². The Labute approximate surface area is 225 Å². The van der Waals surface area contributed by atoms with E-state index in [1.807, 2.05) is 20.8 Å². The number of nitrogens with zero attached hydrogens (tertiary/aromatic N) is 4. The maximum absolute atomic E-state index is 13.5. The Balaban J connectivity index is 1.31. The molecule has 5 unspecified atom stereocenters. The van der Waals surface area contributed by atoms with Crippen molar-refractivity contribution in [2.24, 2.45) is 5.92 Å². The second-order valence-corrected chi connectivity index (χ2v) is 12.3. The lowest BCUT2D eigenvalue weighted by molar-refractivity contribution is -0.0839. The minimum absolute atomic E-state index is 0.00110. The number of nitrogens with one attached hydrogen (secondary N) is 1. The number of fused-ring (bicyclic) bond motifs is 3. The van der Waals surface area contributed by atoms with Crippen LogP contribution in [0.4, 0.5) is 9.18 Å². The number of carbonyl (C=O) groups is 1. The first-order chi connectivity index (χ1) is 18.0. The molecule has 0 radical (unpaired) electrons. The Morgan fingerprint density at radius 2 is 1.97 bits per heavy atom. The van der Waals surface area contributed by atoms with Gasteiger partial charge in [0.15, 0.2) is 0 Å². The largest absolute Gasteiger partial charge is 0.444 e. The summed E-state index contributed by atoms with van der Waals surface area (Å²) in [6.07, 6.45) is 2.32. The second kappa shape index (κ2) is 10.1. The molecule has 4 aliphatic rings. The number of nitriles is 1. The lowest BCUT2D eigenvalue weighted by Gasteiger charge is -2.44. The SMILES string of the molecule is C=C(C(CN1C[C@@H]2CC1C(O)N2[C@@H](CC)c1ccc(F)cc1)NC(=O)OC(C)(C)C)N1C(C#N)CC2C[C@@H]21. The fourth-order valence-electron chi connectivity index (χ4n) is 6.89. The number of amides is 1. The van der Waals surface area contributed by atoms with E-state index in [4.69, 9.17) is 4.74 Å². The lowest BCUT2D eigenvalue weighted by atomic mass is 10.0. The number of hydrogen-bond donors (Lipinski definition) is 2. The van der Waals surface area contributed by atoms with Crippen LogP contribution in [0.25, 0.3) is 0 Å². The second-order valence-electron chi connectivity index (χ2n) is 12.3. The molecule has 1 aromatic rings. The van der Waals surface area contributed by atoms with Gasteiger partial charge in [-0.05, 0) is 70.1 Å². The summed E-state index contributed by atoms with van der Waals surface area (Å²) in [6, 6.07) is 8.65. The summed E-state index contributed by atoms with van der Waals surface area (Å²) in [4.78, 5) is 19.3. The summed E-state index contributed by atoms with van der Waals surface area (Å²) < 4.78 is 19.1. The first-order valence-corrected chi connectivity index (χ1v) is 13.8. The molecule has 1 amide bonds. The average Bonchev–Trinajstić information content (AvgIpc) is 3.17. The van der Waals surface area contributed by atoms with Crippen LogP contribution in [0.15, 0.2) is 36.5 Å². The lowest BCUT2D eigenvalue weighted by Crippen LogP contribution is -2.58. The topological polar surface area (TPSA) is 92.1 Å². The maximum atomic E-state index is 13.5. The number of aliphatic hydroxyl groups is 1. The molecular formula is C29H40FN5O3. The summed E-state index contributed by atoms with van der Waals surface area (Å²) in [5.41, 5.74) is 1.10. The minimum Gasteiger partial charge on any atom is -0.444 e.